The summed E-state index contributed by atoms with van der Waals surface area (Å²) in [4.78, 5) is 12.3. The van der Waals surface area contributed by atoms with Crippen LogP contribution in [-0.4, -0.2) is 38.4 Å². The molecule has 2 saturated carbocycles. The minimum atomic E-state index is -2.99. The van der Waals surface area contributed by atoms with Crippen LogP contribution in [0.1, 0.15) is 45.4 Å². The Morgan fingerprint density at radius 2 is 1.90 bits per heavy atom. The monoisotopic (exact) mass is 338 g/mol. The van der Waals surface area contributed by atoms with Gasteiger partial charge in [-0.15, -0.1) is 12.4 Å². The lowest BCUT2D eigenvalue weighted by atomic mass is 9.74. The van der Waals surface area contributed by atoms with Crippen LogP contribution in [0, 0.1) is 11.3 Å². The highest BCUT2D eigenvalue weighted by Crippen LogP contribution is 2.46. The van der Waals surface area contributed by atoms with E-state index in [4.69, 9.17) is 5.73 Å². The van der Waals surface area contributed by atoms with Gasteiger partial charge < -0.3 is 11.1 Å². The third-order valence-corrected chi connectivity index (χ3v) is 5.87. The Morgan fingerprint density at radius 1 is 1.29 bits per heavy atom. The summed E-state index contributed by atoms with van der Waals surface area (Å²) in [5.41, 5.74) is 5.57. The van der Waals surface area contributed by atoms with Gasteiger partial charge in [0, 0.05) is 23.8 Å². The molecule has 2 unspecified atom stereocenters. The molecule has 2 aliphatic rings. The first-order valence-corrected chi connectivity index (χ1v) is 9.44. The smallest absolute Gasteiger partial charge is 0.224 e. The van der Waals surface area contributed by atoms with E-state index < -0.39 is 15.4 Å². The third-order valence-electron chi connectivity index (χ3n) is 4.73. The molecule has 2 aliphatic carbocycles. The van der Waals surface area contributed by atoms with Gasteiger partial charge in [-0.25, -0.2) is 8.42 Å². The molecule has 2 fully saturated rings. The van der Waals surface area contributed by atoms with Crippen LogP contribution >= 0.6 is 12.4 Å². The topological polar surface area (TPSA) is 89.3 Å². The van der Waals surface area contributed by atoms with Crippen molar-refractivity contribution in [3.63, 3.8) is 0 Å². The summed E-state index contributed by atoms with van der Waals surface area (Å²) in [6.07, 6.45) is 6.84. The van der Waals surface area contributed by atoms with Gasteiger partial charge in [0.2, 0.25) is 5.91 Å². The van der Waals surface area contributed by atoms with Crippen molar-refractivity contribution in [2.24, 2.45) is 17.1 Å². The highest BCUT2D eigenvalue weighted by atomic mass is 35.5. The molecule has 124 valence electrons. The molecular formula is C14H27ClN2O3S. The van der Waals surface area contributed by atoms with E-state index in [9.17, 15) is 13.2 Å². The highest BCUT2D eigenvalue weighted by Gasteiger charge is 2.46. The van der Waals surface area contributed by atoms with E-state index in [0.29, 0.717) is 6.54 Å². The van der Waals surface area contributed by atoms with Gasteiger partial charge in [-0.05, 0) is 32.6 Å². The largest absolute Gasteiger partial charge is 0.355 e. The van der Waals surface area contributed by atoms with Gasteiger partial charge in [0.25, 0.3) is 0 Å². The van der Waals surface area contributed by atoms with Crippen molar-refractivity contribution in [2.45, 2.75) is 51.0 Å². The highest BCUT2D eigenvalue weighted by molar-refractivity contribution is 7.90. The summed E-state index contributed by atoms with van der Waals surface area (Å²) in [7, 11) is -2.99. The van der Waals surface area contributed by atoms with E-state index in [-0.39, 0.29) is 35.4 Å². The van der Waals surface area contributed by atoms with E-state index >= 15 is 0 Å². The zero-order valence-electron chi connectivity index (χ0n) is 12.9. The maximum absolute atomic E-state index is 12.3. The molecule has 0 spiro atoms. The Hall–Kier alpha value is -0.330. The molecule has 3 N–H and O–H groups in total. The molecule has 0 aromatic rings. The second-order valence-electron chi connectivity index (χ2n) is 7.09. The van der Waals surface area contributed by atoms with Gasteiger partial charge in [-0.2, -0.15) is 0 Å². The lowest BCUT2D eigenvalue weighted by Crippen LogP contribution is -2.53. The number of nitrogens with two attached hydrogens (primary N) is 1. The van der Waals surface area contributed by atoms with Crippen LogP contribution in [-0.2, 0) is 14.6 Å². The minimum Gasteiger partial charge on any atom is -0.355 e. The van der Waals surface area contributed by atoms with Gasteiger partial charge >= 0.3 is 0 Å². The quantitative estimate of drug-likeness (QED) is 0.789. The third kappa shape index (κ3) is 5.11. The first kappa shape index (κ1) is 18.7. The molecular weight excluding hydrogens is 312 g/mol. The van der Waals surface area contributed by atoms with Crippen LogP contribution in [0.15, 0.2) is 0 Å². The molecule has 0 aromatic carbocycles. The summed E-state index contributed by atoms with van der Waals surface area (Å²) in [5.74, 6) is 0.0185. The lowest BCUT2D eigenvalue weighted by molar-refractivity contribution is -0.128. The second-order valence-corrected chi connectivity index (χ2v) is 9.23. The van der Waals surface area contributed by atoms with Gasteiger partial charge in [0.05, 0.1) is 11.7 Å². The molecule has 0 aliphatic heterocycles. The molecule has 0 radical (unpaired) electrons. The predicted octanol–water partition coefficient (Wildman–Crippen LogP) is 1.26. The Morgan fingerprint density at radius 3 is 2.38 bits per heavy atom. The summed E-state index contributed by atoms with van der Waals surface area (Å²) in [5, 5.41) is 2.95. The molecule has 0 saturated heterocycles. The fraction of sp³-hybridized carbons (Fsp3) is 0.929. The number of carbonyl (C=O) groups is 1. The van der Waals surface area contributed by atoms with E-state index in [2.05, 4.69) is 5.32 Å². The normalized spacial score (nSPS) is 31.1. The van der Waals surface area contributed by atoms with Crippen molar-refractivity contribution in [1.82, 2.24) is 5.32 Å². The molecule has 0 aromatic heterocycles. The van der Waals surface area contributed by atoms with Crippen LogP contribution in [0.4, 0.5) is 0 Å². The molecule has 7 heteroatoms. The number of nitrogens with one attached hydrogen (secondary N) is 1. The fourth-order valence-electron chi connectivity index (χ4n) is 3.29. The maximum atomic E-state index is 12.3. The van der Waals surface area contributed by atoms with Crippen molar-refractivity contribution in [3.05, 3.63) is 0 Å². The zero-order chi connectivity index (χ0) is 15.0. The second kappa shape index (κ2) is 6.42. The summed E-state index contributed by atoms with van der Waals surface area (Å²) < 4.78 is 22.8. The Kier molecular flexibility index (Phi) is 5.73. The van der Waals surface area contributed by atoms with E-state index in [1.165, 1.54) is 6.26 Å². The van der Waals surface area contributed by atoms with Crippen molar-refractivity contribution >= 4 is 28.2 Å². The number of rotatable bonds is 5. The van der Waals surface area contributed by atoms with Crippen LogP contribution in [0.5, 0.6) is 0 Å². The van der Waals surface area contributed by atoms with Gasteiger partial charge in [-0.3, -0.25) is 4.79 Å². The first-order valence-electron chi connectivity index (χ1n) is 7.38. The average Bonchev–Trinajstić information content (AvgIpc) is 3.03. The Labute approximate surface area is 133 Å². The van der Waals surface area contributed by atoms with E-state index in [1.54, 1.807) is 0 Å². The SMILES string of the molecule is CC1(N)CCCCC1C(=O)NCC1(CS(C)(=O)=O)CC1.Cl. The van der Waals surface area contributed by atoms with Crippen LogP contribution in [0.2, 0.25) is 0 Å². The van der Waals surface area contributed by atoms with Crippen molar-refractivity contribution in [3.8, 4) is 0 Å². The number of hydrogen-bond acceptors (Lipinski definition) is 4. The first-order chi connectivity index (χ1) is 9.14. The van der Waals surface area contributed by atoms with Gasteiger partial charge in [0.15, 0.2) is 0 Å². The number of hydrogen-bond donors (Lipinski definition) is 2. The van der Waals surface area contributed by atoms with E-state index in [0.717, 1.165) is 38.5 Å². The standard InChI is InChI=1S/C14H26N2O3S.ClH/c1-13(15)6-4-3-5-11(13)12(17)16-9-14(7-8-14)10-20(2,18)19;/h11H,3-10,15H2,1-2H3,(H,16,17);1H. The van der Waals surface area contributed by atoms with Gasteiger partial charge in [0.1, 0.15) is 9.84 Å². The summed E-state index contributed by atoms with van der Waals surface area (Å²) >= 11 is 0. The number of sulfone groups is 1. The van der Waals surface area contributed by atoms with Crippen molar-refractivity contribution < 1.29 is 13.2 Å². The Bertz CT molecular complexity index is 486. The molecule has 0 heterocycles. The predicted molar refractivity (Wildman–Crippen MR) is 86.2 cm³/mol. The van der Waals surface area contributed by atoms with Crippen molar-refractivity contribution in [1.29, 1.82) is 0 Å². The molecule has 2 rings (SSSR count). The summed E-state index contributed by atoms with van der Waals surface area (Å²) in [6, 6.07) is 0. The van der Waals surface area contributed by atoms with Gasteiger partial charge in [-0.1, -0.05) is 12.8 Å². The van der Waals surface area contributed by atoms with Crippen LogP contribution in [0.25, 0.3) is 0 Å². The summed E-state index contributed by atoms with van der Waals surface area (Å²) in [6.45, 7) is 2.41. The molecule has 0 bridgehead atoms. The van der Waals surface area contributed by atoms with Crippen LogP contribution in [0.3, 0.4) is 0 Å². The molecule has 5 nitrogen and oxygen atoms in total. The zero-order valence-corrected chi connectivity index (χ0v) is 14.5. The number of halogens is 1. The maximum Gasteiger partial charge on any atom is 0.224 e. The number of carbonyl (C=O) groups excluding carboxylic acids is 1. The van der Waals surface area contributed by atoms with E-state index in [1.807, 2.05) is 6.92 Å². The van der Waals surface area contributed by atoms with Crippen molar-refractivity contribution in [2.75, 3.05) is 18.6 Å². The molecule has 1 amide bonds. The fourth-order valence-corrected chi connectivity index (χ4v) is 4.79. The minimum absolute atomic E-state index is 0. The Balaban J connectivity index is 0.00000220. The number of amides is 1. The lowest BCUT2D eigenvalue weighted by Gasteiger charge is -2.37. The molecule has 21 heavy (non-hydrogen) atoms. The van der Waals surface area contributed by atoms with Crippen LogP contribution < -0.4 is 11.1 Å². The molecule has 2 atom stereocenters. The average molecular weight is 339 g/mol.